The van der Waals surface area contributed by atoms with Gasteiger partial charge in [-0.2, -0.15) is 0 Å². The van der Waals surface area contributed by atoms with E-state index in [2.05, 4.69) is 48.7 Å². The topological polar surface area (TPSA) is 41.1 Å². The number of aryl methyl sites for hydroxylation is 1. The molecule has 1 aromatic carbocycles. The van der Waals surface area contributed by atoms with E-state index in [1.807, 2.05) is 0 Å². The molecule has 3 rings (SSSR count). The molecule has 0 radical (unpaired) electrons. The maximum atomic E-state index is 12.7. The van der Waals surface area contributed by atoms with Crippen LogP contribution in [0.5, 0.6) is 0 Å². The van der Waals surface area contributed by atoms with Gasteiger partial charge in [0.2, 0.25) is 5.91 Å². The summed E-state index contributed by atoms with van der Waals surface area (Å²) in [6.07, 6.45) is 4.01. The molecule has 1 aromatic rings. The van der Waals surface area contributed by atoms with Crippen LogP contribution in [0.4, 0.5) is 0 Å². The number of carbonyl (C=O) groups excluding carboxylic acids is 1. The van der Waals surface area contributed by atoms with E-state index in [0.717, 1.165) is 38.8 Å². The van der Waals surface area contributed by atoms with E-state index in [9.17, 15) is 4.79 Å². The van der Waals surface area contributed by atoms with E-state index in [-0.39, 0.29) is 11.3 Å². The number of amides is 1. The van der Waals surface area contributed by atoms with E-state index in [1.54, 1.807) is 0 Å². The van der Waals surface area contributed by atoms with E-state index in [0.29, 0.717) is 12.0 Å². The van der Waals surface area contributed by atoms with Crippen molar-refractivity contribution in [3.8, 4) is 0 Å². The van der Waals surface area contributed by atoms with Crippen molar-refractivity contribution < 1.29 is 4.79 Å². The number of hydrogen-bond donors (Lipinski definition) is 2. The molecule has 1 saturated carbocycles. The molecule has 1 heterocycles. The van der Waals surface area contributed by atoms with Gasteiger partial charge < -0.3 is 10.6 Å². The summed E-state index contributed by atoms with van der Waals surface area (Å²) in [7, 11) is 0. The number of hydrogen-bond acceptors (Lipinski definition) is 2. The molecule has 0 bridgehead atoms. The summed E-state index contributed by atoms with van der Waals surface area (Å²) in [6.45, 7) is 6.38. The summed E-state index contributed by atoms with van der Waals surface area (Å²) >= 11 is 0. The molecule has 3 nitrogen and oxygen atoms in total. The normalized spacial score (nSPS) is 27.1. The van der Waals surface area contributed by atoms with E-state index in [4.69, 9.17) is 0 Å². The molecule has 2 aliphatic rings. The van der Waals surface area contributed by atoms with Crippen LogP contribution in [0.15, 0.2) is 24.3 Å². The number of piperidine rings is 1. The average molecular weight is 286 g/mol. The van der Waals surface area contributed by atoms with Gasteiger partial charge in [0.1, 0.15) is 0 Å². The molecule has 2 fully saturated rings. The zero-order valence-electron chi connectivity index (χ0n) is 13.1. The lowest BCUT2D eigenvalue weighted by atomic mass is 9.90. The number of carbonyl (C=O) groups is 1. The van der Waals surface area contributed by atoms with Gasteiger partial charge in [0.15, 0.2) is 0 Å². The van der Waals surface area contributed by atoms with Crippen LogP contribution in [0.25, 0.3) is 0 Å². The second kappa shape index (κ2) is 5.80. The minimum atomic E-state index is -0.128. The summed E-state index contributed by atoms with van der Waals surface area (Å²) in [4.78, 5) is 12.7. The molecule has 3 heteroatoms. The van der Waals surface area contributed by atoms with Crippen molar-refractivity contribution in [2.75, 3.05) is 13.1 Å². The van der Waals surface area contributed by atoms with Gasteiger partial charge in [-0.05, 0) is 62.7 Å². The van der Waals surface area contributed by atoms with Crippen LogP contribution < -0.4 is 10.6 Å². The second-order valence-electron chi connectivity index (χ2n) is 6.93. The molecule has 2 N–H and O–H groups in total. The third kappa shape index (κ3) is 3.13. The Labute approximate surface area is 127 Å². The van der Waals surface area contributed by atoms with Crippen molar-refractivity contribution in [1.82, 2.24) is 10.6 Å². The minimum Gasteiger partial charge on any atom is -0.353 e. The summed E-state index contributed by atoms with van der Waals surface area (Å²) in [5.41, 5.74) is 2.49. The minimum absolute atomic E-state index is 0.128. The fourth-order valence-electron chi connectivity index (χ4n) is 3.36. The molecular weight excluding hydrogens is 260 g/mol. The predicted octanol–water partition coefficient (Wildman–Crippen LogP) is 2.43. The third-order valence-corrected chi connectivity index (χ3v) is 5.23. The predicted molar refractivity (Wildman–Crippen MR) is 85.1 cm³/mol. The van der Waals surface area contributed by atoms with Crippen LogP contribution in [-0.2, 0) is 11.2 Å². The van der Waals surface area contributed by atoms with E-state index in [1.165, 1.54) is 11.1 Å². The summed E-state index contributed by atoms with van der Waals surface area (Å²) in [6, 6.07) is 8.78. The van der Waals surface area contributed by atoms with Gasteiger partial charge in [-0.15, -0.1) is 0 Å². The molecule has 21 heavy (non-hydrogen) atoms. The Morgan fingerprint density at radius 1 is 1.38 bits per heavy atom. The van der Waals surface area contributed by atoms with Crippen molar-refractivity contribution in [3.63, 3.8) is 0 Å². The van der Waals surface area contributed by atoms with Gasteiger partial charge >= 0.3 is 0 Å². The molecule has 2 atom stereocenters. The van der Waals surface area contributed by atoms with Crippen LogP contribution >= 0.6 is 0 Å². The average Bonchev–Trinajstić information content (AvgIpc) is 3.25. The first-order valence-corrected chi connectivity index (χ1v) is 8.17. The summed E-state index contributed by atoms with van der Waals surface area (Å²) in [5.74, 6) is 0.807. The maximum Gasteiger partial charge on any atom is 0.226 e. The highest BCUT2D eigenvalue weighted by Crippen LogP contribution is 2.49. The van der Waals surface area contributed by atoms with E-state index >= 15 is 0 Å². The molecule has 0 unspecified atom stereocenters. The first kappa shape index (κ1) is 14.6. The van der Waals surface area contributed by atoms with Gasteiger partial charge in [-0.1, -0.05) is 31.2 Å². The number of nitrogens with one attached hydrogen (secondary N) is 2. The standard InChI is InChI=1S/C18H26N2O/c1-13-5-3-4-6-15(13)11-18(8-9-18)17(21)20-16-7-10-19-12-14(16)2/h3-6,14,16,19H,7-12H2,1-2H3,(H,20,21)/t14-,16-/m0/s1. The number of benzene rings is 1. The highest BCUT2D eigenvalue weighted by Gasteiger charge is 2.50. The Morgan fingerprint density at radius 3 is 2.81 bits per heavy atom. The maximum absolute atomic E-state index is 12.7. The van der Waals surface area contributed by atoms with Crippen LogP contribution in [-0.4, -0.2) is 25.0 Å². The first-order chi connectivity index (χ1) is 10.1. The second-order valence-corrected chi connectivity index (χ2v) is 6.93. The van der Waals surface area contributed by atoms with Gasteiger partial charge in [0.25, 0.3) is 0 Å². The van der Waals surface area contributed by atoms with Crippen molar-refractivity contribution >= 4 is 5.91 Å². The van der Waals surface area contributed by atoms with Crippen LogP contribution in [0, 0.1) is 18.3 Å². The Hall–Kier alpha value is -1.35. The van der Waals surface area contributed by atoms with Crippen molar-refractivity contribution in [3.05, 3.63) is 35.4 Å². The van der Waals surface area contributed by atoms with Gasteiger partial charge in [0, 0.05) is 6.04 Å². The van der Waals surface area contributed by atoms with Crippen molar-refractivity contribution in [1.29, 1.82) is 0 Å². The third-order valence-electron chi connectivity index (χ3n) is 5.23. The highest BCUT2D eigenvalue weighted by molar-refractivity contribution is 5.86. The van der Waals surface area contributed by atoms with Gasteiger partial charge in [-0.25, -0.2) is 0 Å². The van der Waals surface area contributed by atoms with Crippen LogP contribution in [0.2, 0.25) is 0 Å². The summed E-state index contributed by atoms with van der Waals surface area (Å²) < 4.78 is 0. The Bertz CT molecular complexity index is 522. The Morgan fingerprint density at radius 2 is 2.14 bits per heavy atom. The van der Waals surface area contributed by atoms with Crippen LogP contribution in [0.1, 0.15) is 37.3 Å². The monoisotopic (exact) mass is 286 g/mol. The van der Waals surface area contributed by atoms with Gasteiger partial charge in [-0.3, -0.25) is 4.79 Å². The Kier molecular flexibility index (Phi) is 4.03. The van der Waals surface area contributed by atoms with Gasteiger partial charge in [0.05, 0.1) is 5.41 Å². The fourth-order valence-corrected chi connectivity index (χ4v) is 3.36. The molecule has 0 aromatic heterocycles. The zero-order chi connectivity index (χ0) is 14.9. The molecule has 1 aliphatic heterocycles. The quantitative estimate of drug-likeness (QED) is 0.892. The lowest BCUT2D eigenvalue weighted by Gasteiger charge is -2.31. The highest BCUT2D eigenvalue weighted by atomic mass is 16.2. The summed E-state index contributed by atoms with van der Waals surface area (Å²) in [5, 5.41) is 6.72. The Balaban J connectivity index is 1.65. The smallest absolute Gasteiger partial charge is 0.226 e. The van der Waals surface area contributed by atoms with Crippen molar-refractivity contribution in [2.24, 2.45) is 11.3 Å². The van der Waals surface area contributed by atoms with Crippen LogP contribution in [0.3, 0.4) is 0 Å². The number of rotatable bonds is 4. The molecular formula is C18H26N2O. The molecule has 1 saturated heterocycles. The zero-order valence-corrected chi connectivity index (χ0v) is 13.1. The first-order valence-electron chi connectivity index (χ1n) is 8.17. The van der Waals surface area contributed by atoms with E-state index < -0.39 is 0 Å². The molecule has 0 spiro atoms. The fraction of sp³-hybridized carbons (Fsp3) is 0.611. The molecule has 1 aliphatic carbocycles. The SMILES string of the molecule is Cc1ccccc1CC1(C(=O)N[C@H]2CCNC[C@@H]2C)CC1. The lowest BCUT2D eigenvalue weighted by Crippen LogP contribution is -2.50. The lowest BCUT2D eigenvalue weighted by molar-refractivity contribution is -0.127. The molecule has 1 amide bonds. The van der Waals surface area contributed by atoms with Crippen molar-refractivity contribution in [2.45, 2.75) is 45.6 Å². The molecule has 114 valence electrons. The largest absolute Gasteiger partial charge is 0.353 e.